The summed E-state index contributed by atoms with van der Waals surface area (Å²) in [7, 11) is 1.57. The zero-order valence-electron chi connectivity index (χ0n) is 17.3. The minimum Gasteiger partial charge on any atom is -0.497 e. The van der Waals surface area contributed by atoms with Gasteiger partial charge in [0.25, 0.3) is 0 Å². The molecule has 30 heavy (non-hydrogen) atoms. The van der Waals surface area contributed by atoms with Crippen LogP contribution < -0.4 is 10.1 Å². The molecule has 0 fully saturated rings. The van der Waals surface area contributed by atoms with E-state index in [-0.39, 0.29) is 29.9 Å². The molecule has 0 spiro atoms. The van der Waals surface area contributed by atoms with Crippen LogP contribution in [-0.2, 0) is 21.9 Å². The molecular formula is C22H26ClFN2O3S. The van der Waals surface area contributed by atoms with E-state index in [9.17, 15) is 14.0 Å². The summed E-state index contributed by atoms with van der Waals surface area (Å²) in [5.41, 5.74) is 1.22. The molecule has 2 amide bonds. The van der Waals surface area contributed by atoms with Gasteiger partial charge in [-0.3, -0.25) is 9.59 Å². The number of nitrogens with zero attached hydrogens (tertiary/aromatic N) is 1. The van der Waals surface area contributed by atoms with Crippen LogP contribution in [0.2, 0.25) is 5.02 Å². The predicted octanol–water partition coefficient (Wildman–Crippen LogP) is 4.27. The molecule has 0 aliphatic carbocycles. The van der Waals surface area contributed by atoms with Crippen LogP contribution in [0.1, 0.15) is 25.0 Å². The normalized spacial score (nSPS) is 11.6. The van der Waals surface area contributed by atoms with Crippen molar-refractivity contribution < 1.29 is 18.7 Å². The van der Waals surface area contributed by atoms with Gasteiger partial charge < -0.3 is 15.0 Å². The highest BCUT2D eigenvalue weighted by Gasteiger charge is 2.26. The highest BCUT2D eigenvalue weighted by atomic mass is 35.5. The van der Waals surface area contributed by atoms with E-state index in [2.05, 4.69) is 5.32 Å². The Balaban J connectivity index is 2.11. The monoisotopic (exact) mass is 452 g/mol. The average Bonchev–Trinajstić information content (AvgIpc) is 2.73. The lowest BCUT2D eigenvalue weighted by Crippen LogP contribution is -2.48. The molecule has 0 aromatic heterocycles. The smallest absolute Gasteiger partial charge is 0.242 e. The van der Waals surface area contributed by atoms with E-state index in [1.165, 1.54) is 22.7 Å². The second-order valence-corrected chi connectivity index (χ2v) is 8.03. The van der Waals surface area contributed by atoms with Gasteiger partial charge in [0.1, 0.15) is 17.6 Å². The first kappa shape index (κ1) is 24.0. The highest BCUT2D eigenvalue weighted by molar-refractivity contribution is 7.99. The molecule has 5 nitrogen and oxygen atoms in total. The molecule has 0 unspecified atom stereocenters. The molecular weight excluding hydrogens is 427 g/mol. The van der Waals surface area contributed by atoms with Crippen molar-refractivity contribution in [2.45, 2.75) is 32.2 Å². The van der Waals surface area contributed by atoms with Crippen LogP contribution in [0.15, 0.2) is 42.5 Å². The number of nitrogens with one attached hydrogen (secondary N) is 1. The zero-order chi connectivity index (χ0) is 22.1. The topological polar surface area (TPSA) is 58.6 Å². The van der Waals surface area contributed by atoms with E-state index in [0.29, 0.717) is 22.9 Å². The first-order chi connectivity index (χ1) is 14.4. The molecule has 2 rings (SSSR count). The number of likely N-dealkylation sites (N-methyl/N-ethyl adjacent to an activating group) is 1. The van der Waals surface area contributed by atoms with Crippen LogP contribution >= 0.6 is 23.4 Å². The van der Waals surface area contributed by atoms with Gasteiger partial charge in [-0.25, -0.2) is 4.39 Å². The Morgan fingerprint density at radius 1 is 1.27 bits per heavy atom. The summed E-state index contributed by atoms with van der Waals surface area (Å²) >= 11 is 7.32. The van der Waals surface area contributed by atoms with Gasteiger partial charge in [-0.2, -0.15) is 0 Å². The van der Waals surface area contributed by atoms with Crippen molar-refractivity contribution in [3.63, 3.8) is 0 Å². The quantitative estimate of drug-likeness (QED) is 0.584. The standard InChI is InChI=1S/C22H26ClFN2O3S/c1-4-25-22(28)15(2)26(12-16-7-5-8-17(11-16)29-3)21(27)14-30-13-18-19(23)9-6-10-20(18)24/h5-11,15H,4,12-14H2,1-3H3,(H,25,28)/t15-/m0/s1. The number of benzene rings is 2. The van der Waals surface area contributed by atoms with Crippen LogP contribution in [0.4, 0.5) is 4.39 Å². The fraction of sp³-hybridized carbons (Fsp3) is 0.364. The number of hydrogen-bond donors (Lipinski definition) is 1. The van der Waals surface area contributed by atoms with Gasteiger partial charge in [0, 0.05) is 29.4 Å². The average molecular weight is 453 g/mol. The number of hydrogen-bond acceptors (Lipinski definition) is 4. The Morgan fingerprint density at radius 2 is 2.00 bits per heavy atom. The third-order valence-corrected chi connectivity index (χ3v) is 5.84. The Labute approximate surface area is 185 Å². The summed E-state index contributed by atoms with van der Waals surface area (Å²) < 4.78 is 19.2. The summed E-state index contributed by atoms with van der Waals surface area (Å²) in [4.78, 5) is 26.9. The van der Waals surface area contributed by atoms with Crippen LogP contribution in [0.3, 0.4) is 0 Å². The number of amides is 2. The predicted molar refractivity (Wildman–Crippen MR) is 119 cm³/mol. The molecule has 0 aliphatic heterocycles. The van der Waals surface area contributed by atoms with Crippen molar-refractivity contribution in [3.8, 4) is 5.75 Å². The molecule has 0 radical (unpaired) electrons. The van der Waals surface area contributed by atoms with E-state index >= 15 is 0 Å². The van der Waals surface area contributed by atoms with Crippen molar-refractivity contribution >= 4 is 35.2 Å². The lowest BCUT2D eigenvalue weighted by molar-refractivity contribution is -0.138. The highest BCUT2D eigenvalue weighted by Crippen LogP contribution is 2.24. The minimum atomic E-state index is -0.652. The van der Waals surface area contributed by atoms with Gasteiger partial charge in [-0.1, -0.05) is 29.8 Å². The van der Waals surface area contributed by atoms with Gasteiger partial charge in [0.2, 0.25) is 11.8 Å². The Kier molecular flexibility index (Phi) is 9.46. The number of carbonyl (C=O) groups is 2. The minimum absolute atomic E-state index is 0.0956. The third kappa shape index (κ3) is 6.64. The SMILES string of the molecule is CCNC(=O)[C@H](C)N(Cc1cccc(OC)c1)C(=O)CSCc1c(F)cccc1Cl. The third-order valence-electron chi connectivity index (χ3n) is 4.54. The van der Waals surface area contributed by atoms with Gasteiger partial charge >= 0.3 is 0 Å². The van der Waals surface area contributed by atoms with E-state index in [4.69, 9.17) is 16.3 Å². The van der Waals surface area contributed by atoms with Gasteiger partial charge in [-0.05, 0) is 43.7 Å². The lowest BCUT2D eigenvalue weighted by Gasteiger charge is -2.28. The molecule has 1 N–H and O–H groups in total. The van der Waals surface area contributed by atoms with Gasteiger partial charge in [-0.15, -0.1) is 11.8 Å². The van der Waals surface area contributed by atoms with E-state index in [1.54, 1.807) is 26.2 Å². The molecule has 0 heterocycles. The van der Waals surface area contributed by atoms with E-state index < -0.39 is 11.9 Å². The zero-order valence-corrected chi connectivity index (χ0v) is 18.9. The maximum absolute atomic E-state index is 14.0. The van der Waals surface area contributed by atoms with Crippen molar-refractivity contribution in [2.75, 3.05) is 19.4 Å². The van der Waals surface area contributed by atoms with Crippen LogP contribution in [-0.4, -0.2) is 42.2 Å². The summed E-state index contributed by atoms with van der Waals surface area (Å²) in [6.07, 6.45) is 0. The number of halogens is 2. The lowest BCUT2D eigenvalue weighted by atomic mass is 10.1. The molecule has 0 aliphatic rings. The van der Waals surface area contributed by atoms with Crippen LogP contribution in [0.25, 0.3) is 0 Å². The fourth-order valence-electron chi connectivity index (χ4n) is 2.87. The molecule has 0 bridgehead atoms. The van der Waals surface area contributed by atoms with E-state index in [0.717, 1.165) is 5.56 Å². The molecule has 0 saturated carbocycles. The first-order valence-corrected chi connectivity index (χ1v) is 11.1. The number of carbonyl (C=O) groups excluding carboxylic acids is 2. The van der Waals surface area contributed by atoms with E-state index in [1.807, 2.05) is 31.2 Å². The first-order valence-electron chi connectivity index (χ1n) is 9.58. The maximum atomic E-state index is 14.0. The van der Waals surface area contributed by atoms with Crippen LogP contribution in [0, 0.1) is 5.82 Å². The van der Waals surface area contributed by atoms with Crippen molar-refractivity contribution in [1.82, 2.24) is 10.2 Å². The Hall–Kier alpha value is -2.25. The second kappa shape index (κ2) is 11.8. The molecule has 162 valence electrons. The number of rotatable bonds is 10. The summed E-state index contributed by atoms with van der Waals surface area (Å²) in [5, 5.41) is 3.09. The molecule has 2 aromatic rings. The second-order valence-electron chi connectivity index (χ2n) is 6.64. The van der Waals surface area contributed by atoms with Gasteiger partial charge in [0.15, 0.2) is 0 Å². The fourth-order valence-corrected chi connectivity index (χ4v) is 4.11. The number of methoxy groups -OCH3 is 1. The van der Waals surface area contributed by atoms with Crippen molar-refractivity contribution in [3.05, 3.63) is 64.4 Å². The summed E-state index contributed by atoms with van der Waals surface area (Å²) in [6, 6.07) is 11.2. The number of ether oxygens (including phenoxy) is 1. The number of thioether (sulfide) groups is 1. The largest absolute Gasteiger partial charge is 0.497 e. The van der Waals surface area contributed by atoms with Crippen molar-refractivity contribution in [2.24, 2.45) is 0 Å². The summed E-state index contributed by atoms with van der Waals surface area (Å²) in [5.74, 6) is 0.198. The molecule has 8 heteroatoms. The Morgan fingerprint density at radius 3 is 2.67 bits per heavy atom. The maximum Gasteiger partial charge on any atom is 0.242 e. The Bertz CT molecular complexity index is 861. The van der Waals surface area contributed by atoms with Gasteiger partial charge in [0.05, 0.1) is 12.9 Å². The molecule has 0 saturated heterocycles. The van der Waals surface area contributed by atoms with Crippen molar-refractivity contribution in [1.29, 1.82) is 0 Å². The summed E-state index contributed by atoms with van der Waals surface area (Å²) in [6.45, 7) is 4.26. The molecule has 2 aromatic carbocycles. The molecule has 1 atom stereocenters. The van der Waals surface area contributed by atoms with Crippen LogP contribution in [0.5, 0.6) is 5.75 Å².